The average Bonchev–Trinajstić information content (AvgIpc) is 2.84. The van der Waals surface area contributed by atoms with E-state index in [9.17, 15) is 4.79 Å². The molecule has 1 aromatic carbocycles. The monoisotopic (exact) mass is 349 g/mol. The lowest BCUT2D eigenvalue weighted by Gasteiger charge is -2.08. The van der Waals surface area contributed by atoms with Gasteiger partial charge >= 0.3 is 0 Å². The van der Waals surface area contributed by atoms with E-state index in [-0.39, 0.29) is 5.91 Å². The van der Waals surface area contributed by atoms with Gasteiger partial charge in [0, 0.05) is 6.54 Å². The molecule has 1 saturated carbocycles. The van der Waals surface area contributed by atoms with Crippen molar-refractivity contribution >= 4 is 41.2 Å². The van der Waals surface area contributed by atoms with E-state index >= 15 is 0 Å². The van der Waals surface area contributed by atoms with Gasteiger partial charge in [0.1, 0.15) is 0 Å². The summed E-state index contributed by atoms with van der Waals surface area (Å²) in [5.74, 6) is 2.50. The molecule has 0 bridgehead atoms. The Balaban J connectivity index is 1.25. The van der Waals surface area contributed by atoms with Gasteiger partial charge in [0.15, 0.2) is 8.29 Å². The molecule has 2 aromatic rings. The van der Waals surface area contributed by atoms with Crippen molar-refractivity contribution in [1.82, 2.24) is 15.5 Å². The molecule has 1 fully saturated rings. The SMILES string of the molecule is O=C(CSc1n[nH]c(=S)s1)NC[C@@H]1[C@H]2Cc3ccccc3[C@@H]12. The molecule has 2 N–H and O–H groups in total. The quantitative estimate of drug-likeness (QED) is 0.644. The van der Waals surface area contributed by atoms with Crippen molar-refractivity contribution in [3.63, 3.8) is 0 Å². The summed E-state index contributed by atoms with van der Waals surface area (Å²) in [5.41, 5.74) is 2.99. The Morgan fingerprint density at radius 2 is 2.36 bits per heavy atom. The molecular formula is C15H15N3OS3. The van der Waals surface area contributed by atoms with Gasteiger partial charge < -0.3 is 5.32 Å². The molecule has 0 aliphatic heterocycles. The summed E-state index contributed by atoms with van der Waals surface area (Å²) in [7, 11) is 0. The molecule has 0 spiro atoms. The highest BCUT2D eigenvalue weighted by Crippen LogP contribution is 2.60. The third kappa shape index (κ3) is 2.73. The maximum Gasteiger partial charge on any atom is 0.230 e. The third-order valence-electron chi connectivity index (χ3n) is 4.48. The molecule has 114 valence electrons. The first-order chi connectivity index (χ1) is 10.7. The van der Waals surface area contributed by atoms with Crippen molar-refractivity contribution < 1.29 is 4.79 Å². The maximum atomic E-state index is 11.9. The molecule has 4 nitrogen and oxygen atoms in total. The summed E-state index contributed by atoms with van der Waals surface area (Å²) < 4.78 is 1.46. The van der Waals surface area contributed by atoms with Gasteiger partial charge in [-0.2, -0.15) is 5.10 Å². The molecule has 1 amide bonds. The fourth-order valence-electron chi connectivity index (χ4n) is 3.45. The van der Waals surface area contributed by atoms with E-state index in [2.05, 4.69) is 39.8 Å². The zero-order chi connectivity index (χ0) is 15.1. The zero-order valence-corrected chi connectivity index (χ0v) is 14.2. The van der Waals surface area contributed by atoms with E-state index in [1.807, 2.05) is 0 Å². The van der Waals surface area contributed by atoms with Crippen LogP contribution in [0.4, 0.5) is 0 Å². The van der Waals surface area contributed by atoms with Crippen LogP contribution in [-0.4, -0.2) is 28.4 Å². The number of carbonyl (C=O) groups excluding carboxylic acids is 1. The van der Waals surface area contributed by atoms with Gasteiger partial charge in [-0.3, -0.25) is 9.89 Å². The lowest BCUT2D eigenvalue weighted by molar-refractivity contribution is -0.118. The minimum atomic E-state index is 0.0735. The second-order valence-electron chi connectivity index (χ2n) is 5.73. The van der Waals surface area contributed by atoms with E-state index < -0.39 is 0 Å². The van der Waals surface area contributed by atoms with Gasteiger partial charge in [-0.1, -0.05) is 47.4 Å². The van der Waals surface area contributed by atoms with Crippen LogP contribution in [-0.2, 0) is 11.2 Å². The smallest absolute Gasteiger partial charge is 0.230 e. The summed E-state index contributed by atoms with van der Waals surface area (Å²) >= 11 is 7.80. The average molecular weight is 350 g/mol. The van der Waals surface area contributed by atoms with Gasteiger partial charge in [-0.25, -0.2) is 0 Å². The van der Waals surface area contributed by atoms with Gasteiger partial charge in [0.2, 0.25) is 5.91 Å². The molecular weight excluding hydrogens is 334 g/mol. The van der Waals surface area contributed by atoms with Crippen molar-refractivity contribution in [2.45, 2.75) is 16.7 Å². The normalized spacial score (nSPS) is 24.6. The predicted molar refractivity (Wildman–Crippen MR) is 90.9 cm³/mol. The minimum Gasteiger partial charge on any atom is -0.355 e. The largest absolute Gasteiger partial charge is 0.355 e. The van der Waals surface area contributed by atoms with E-state index in [1.165, 1.54) is 40.6 Å². The molecule has 2 aliphatic carbocycles. The van der Waals surface area contributed by atoms with Crippen LogP contribution < -0.4 is 5.32 Å². The number of benzene rings is 1. The second-order valence-corrected chi connectivity index (χ2v) is 8.62. The first kappa shape index (κ1) is 14.4. The fourth-order valence-corrected chi connectivity index (χ4v) is 5.36. The molecule has 3 atom stereocenters. The van der Waals surface area contributed by atoms with E-state index in [4.69, 9.17) is 12.2 Å². The van der Waals surface area contributed by atoms with E-state index in [1.54, 1.807) is 0 Å². The van der Waals surface area contributed by atoms with Gasteiger partial charge in [0.05, 0.1) is 5.75 Å². The van der Waals surface area contributed by atoms with Gasteiger partial charge in [0.25, 0.3) is 0 Å². The van der Waals surface area contributed by atoms with Gasteiger partial charge in [-0.15, -0.1) is 0 Å². The fraction of sp³-hybridized carbons (Fsp3) is 0.400. The number of nitrogens with one attached hydrogen (secondary N) is 2. The predicted octanol–water partition coefficient (Wildman–Crippen LogP) is 2.99. The van der Waals surface area contributed by atoms with Crippen molar-refractivity contribution in [2.24, 2.45) is 11.8 Å². The van der Waals surface area contributed by atoms with Crippen molar-refractivity contribution in [3.05, 3.63) is 39.3 Å². The Bertz CT molecular complexity index is 769. The highest BCUT2D eigenvalue weighted by Gasteiger charge is 2.54. The topological polar surface area (TPSA) is 57.8 Å². The van der Waals surface area contributed by atoms with Crippen LogP contribution in [0.2, 0.25) is 0 Å². The molecule has 0 radical (unpaired) electrons. The molecule has 7 heteroatoms. The number of thioether (sulfide) groups is 1. The molecule has 0 unspecified atom stereocenters. The molecule has 0 saturated heterocycles. The van der Waals surface area contributed by atoms with Crippen molar-refractivity contribution in [2.75, 3.05) is 12.3 Å². The number of hydrogen-bond acceptors (Lipinski definition) is 5. The second kappa shape index (κ2) is 5.79. The van der Waals surface area contributed by atoms with E-state index in [0.717, 1.165) is 16.8 Å². The first-order valence-corrected chi connectivity index (χ1v) is 9.46. The van der Waals surface area contributed by atoms with Crippen LogP contribution in [0.25, 0.3) is 0 Å². The number of amides is 1. The Kier molecular flexibility index (Phi) is 3.79. The molecule has 22 heavy (non-hydrogen) atoms. The van der Waals surface area contributed by atoms with Crippen LogP contribution in [0.3, 0.4) is 0 Å². The Hall–Kier alpha value is -1.18. The number of hydrogen-bond donors (Lipinski definition) is 2. The number of carbonyl (C=O) groups is 1. The van der Waals surface area contributed by atoms with Crippen molar-refractivity contribution in [1.29, 1.82) is 0 Å². The highest BCUT2D eigenvalue weighted by molar-refractivity contribution is 8.01. The number of H-pyrrole nitrogens is 1. The summed E-state index contributed by atoms with van der Waals surface area (Å²) in [6, 6.07) is 8.70. The Morgan fingerprint density at radius 1 is 1.50 bits per heavy atom. The zero-order valence-electron chi connectivity index (χ0n) is 11.7. The van der Waals surface area contributed by atoms with Crippen LogP contribution in [0.5, 0.6) is 0 Å². The van der Waals surface area contributed by atoms with E-state index in [0.29, 0.717) is 21.5 Å². The number of aromatic nitrogens is 2. The summed E-state index contributed by atoms with van der Waals surface area (Å²) in [4.78, 5) is 11.9. The Morgan fingerprint density at radius 3 is 3.18 bits per heavy atom. The van der Waals surface area contributed by atoms with Crippen LogP contribution in [0, 0.1) is 15.8 Å². The molecule has 1 heterocycles. The number of aromatic amines is 1. The lowest BCUT2D eigenvalue weighted by atomic mass is 10.0. The lowest BCUT2D eigenvalue weighted by Crippen LogP contribution is -2.28. The first-order valence-electron chi connectivity index (χ1n) is 7.25. The highest BCUT2D eigenvalue weighted by atomic mass is 32.2. The van der Waals surface area contributed by atoms with Crippen LogP contribution >= 0.6 is 35.3 Å². The minimum absolute atomic E-state index is 0.0735. The van der Waals surface area contributed by atoms with Crippen LogP contribution in [0.1, 0.15) is 17.0 Å². The Labute approximate surface area is 141 Å². The summed E-state index contributed by atoms with van der Waals surface area (Å²) in [6.45, 7) is 0.791. The molecule has 4 rings (SSSR count). The summed E-state index contributed by atoms with van der Waals surface area (Å²) in [6.07, 6.45) is 1.17. The summed E-state index contributed by atoms with van der Waals surface area (Å²) in [5, 5.41) is 9.82. The number of fused-ring (bicyclic) bond motifs is 3. The van der Waals surface area contributed by atoms with Gasteiger partial charge in [-0.05, 0) is 47.5 Å². The number of rotatable bonds is 5. The third-order valence-corrected chi connectivity index (χ3v) is 6.71. The molecule has 2 aliphatic rings. The maximum absolute atomic E-state index is 11.9. The van der Waals surface area contributed by atoms with Crippen molar-refractivity contribution in [3.8, 4) is 0 Å². The van der Waals surface area contributed by atoms with Crippen LogP contribution in [0.15, 0.2) is 28.6 Å². The molecule has 1 aromatic heterocycles. The number of nitrogens with zero attached hydrogens (tertiary/aromatic N) is 1. The standard InChI is InChI=1S/C15H15N3OS3/c19-12(7-21-15-18-17-14(20)22-15)16-6-11-10-5-8-3-1-2-4-9(8)13(10)11/h1-4,10-11,13H,5-7H2,(H,16,19)(H,17,20)/t10-,11-,13-/m1/s1.